The number of rotatable bonds is 0. The van der Waals surface area contributed by atoms with Gasteiger partial charge in [-0.2, -0.15) is 21.6 Å². The van der Waals surface area contributed by atoms with Crippen LogP contribution in [0.3, 0.4) is 0 Å². The standard InChI is InChI=1S/CHF3O3S.Ho/c2-1(3,4)8(5,6)7;/h(H,5,6,7);. The largest absolute Gasteiger partial charge is 0.522 e. The first-order valence-corrected chi connectivity index (χ1v) is 2.73. The second-order valence-electron chi connectivity index (χ2n) is 0.921. The summed E-state index contributed by atoms with van der Waals surface area (Å²) in [6.45, 7) is 0. The van der Waals surface area contributed by atoms with Crippen molar-refractivity contribution in [3.8, 4) is 0 Å². The monoisotopic (exact) mass is 315 g/mol. The van der Waals surface area contributed by atoms with Crippen LogP contribution >= 0.6 is 0 Å². The van der Waals surface area contributed by atoms with E-state index >= 15 is 0 Å². The Hall–Kier alpha value is 0.960. The van der Waals surface area contributed by atoms with Crippen molar-refractivity contribution in [1.29, 1.82) is 0 Å². The van der Waals surface area contributed by atoms with Crippen LogP contribution in [-0.4, -0.2) is 18.5 Å². The maximum atomic E-state index is 10.7. The predicted octanol–water partition coefficient (Wildman–Crippen LogP) is 0.394. The van der Waals surface area contributed by atoms with Gasteiger partial charge in [0.15, 0.2) is 0 Å². The van der Waals surface area contributed by atoms with Gasteiger partial charge in [0.25, 0.3) is 0 Å². The Bertz CT molecular complexity index is 168. The molecule has 0 amide bonds. The van der Waals surface area contributed by atoms with Gasteiger partial charge in [-0.3, -0.25) is 4.55 Å². The van der Waals surface area contributed by atoms with Crippen LogP contribution in [-0.2, 0) is 10.1 Å². The third-order valence-electron chi connectivity index (χ3n) is 0.292. The van der Waals surface area contributed by atoms with E-state index < -0.39 is 15.6 Å². The minimum absolute atomic E-state index is 0. The molecule has 0 saturated carbocycles. The molecule has 0 rings (SSSR count). The van der Waals surface area contributed by atoms with Gasteiger partial charge >= 0.3 is 15.6 Å². The van der Waals surface area contributed by atoms with E-state index in [0.717, 1.165) is 0 Å². The number of alkyl halides is 3. The molecule has 0 aliphatic carbocycles. The summed E-state index contributed by atoms with van der Waals surface area (Å²) in [6.07, 6.45) is 0. The maximum Gasteiger partial charge on any atom is 0.522 e. The summed E-state index contributed by atoms with van der Waals surface area (Å²) in [5.41, 5.74) is -5.53. The summed E-state index contributed by atoms with van der Waals surface area (Å²) in [4.78, 5) is 0. The molecule has 0 aliphatic heterocycles. The minimum Gasteiger partial charge on any atom is -0.279 e. The molecule has 0 bridgehead atoms. The fraction of sp³-hybridized carbons (Fsp3) is 1.00. The summed E-state index contributed by atoms with van der Waals surface area (Å²) < 4.78 is 57.5. The Morgan fingerprint density at radius 1 is 1.22 bits per heavy atom. The molecule has 0 saturated heterocycles. The topological polar surface area (TPSA) is 54.4 Å². The molecular formula is CHF3HoO3S. The van der Waals surface area contributed by atoms with Gasteiger partial charge in [0.05, 0.1) is 0 Å². The Balaban J connectivity index is 0. The summed E-state index contributed by atoms with van der Waals surface area (Å²) >= 11 is 0. The van der Waals surface area contributed by atoms with Gasteiger partial charge < -0.3 is 0 Å². The van der Waals surface area contributed by atoms with Crippen LogP contribution in [0.25, 0.3) is 0 Å². The summed E-state index contributed by atoms with van der Waals surface area (Å²) in [6, 6.07) is 0. The smallest absolute Gasteiger partial charge is 0.279 e. The Kier molecular flexibility index (Phi) is 4.74. The first-order chi connectivity index (χ1) is 3.25. The van der Waals surface area contributed by atoms with Crippen molar-refractivity contribution in [2.45, 2.75) is 5.51 Å². The number of hydrogen-bond donors (Lipinski definition) is 1. The first-order valence-electron chi connectivity index (χ1n) is 1.29. The van der Waals surface area contributed by atoms with Gasteiger partial charge in [-0.25, -0.2) is 0 Å². The summed E-state index contributed by atoms with van der Waals surface area (Å²) in [5, 5.41) is 0. The normalized spacial score (nSPS) is 12.4. The fourth-order valence-corrected chi connectivity index (χ4v) is 0. The molecule has 1 radical (unpaired) electrons. The molecule has 61 valence electrons. The molecule has 0 atom stereocenters. The van der Waals surface area contributed by atoms with Gasteiger partial charge in [-0.15, -0.1) is 0 Å². The van der Waals surface area contributed by atoms with E-state index in [1.807, 2.05) is 0 Å². The molecule has 0 aromatic carbocycles. The van der Waals surface area contributed by atoms with Crippen molar-refractivity contribution >= 4 is 10.1 Å². The zero-order valence-corrected chi connectivity index (χ0v) is 6.36. The zero-order chi connectivity index (χ0) is 7.00. The van der Waals surface area contributed by atoms with Gasteiger partial charge in [0.1, 0.15) is 0 Å². The third-order valence-corrected chi connectivity index (χ3v) is 0.877. The minimum atomic E-state index is -5.84. The molecule has 0 unspecified atom stereocenters. The molecule has 0 spiro atoms. The van der Waals surface area contributed by atoms with Crippen LogP contribution in [0.1, 0.15) is 0 Å². The van der Waals surface area contributed by atoms with E-state index in [9.17, 15) is 13.2 Å². The summed E-state index contributed by atoms with van der Waals surface area (Å²) in [7, 11) is -5.84. The fourth-order valence-electron chi connectivity index (χ4n) is 0. The van der Waals surface area contributed by atoms with Crippen LogP contribution in [0.4, 0.5) is 13.2 Å². The van der Waals surface area contributed by atoms with Gasteiger partial charge in [0.2, 0.25) is 0 Å². The molecular weight excluding hydrogens is 314 g/mol. The van der Waals surface area contributed by atoms with Crippen molar-refractivity contribution in [2.75, 3.05) is 0 Å². The molecule has 8 heteroatoms. The Labute approximate surface area is 79.0 Å². The maximum absolute atomic E-state index is 10.7. The van der Waals surface area contributed by atoms with E-state index in [0.29, 0.717) is 0 Å². The molecule has 0 heterocycles. The second kappa shape index (κ2) is 3.38. The van der Waals surface area contributed by atoms with Crippen molar-refractivity contribution in [2.24, 2.45) is 0 Å². The Morgan fingerprint density at radius 2 is 1.33 bits per heavy atom. The van der Waals surface area contributed by atoms with Crippen LogP contribution in [0, 0.1) is 37.7 Å². The molecule has 3 nitrogen and oxygen atoms in total. The third kappa shape index (κ3) is 4.38. The van der Waals surface area contributed by atoms with Crippen LogP contribution in [0.5, 0.6) is 0 Å². The van der Waals surface area contributed by atoms with Crippen molar-refractivity contribution in [3.05, 3.63) is 0 Å². The molecule has 0 fully saturated rings. The average Bonchev–Trinajstić information content (AvgIpc) is 1.25. The first kappa shape index (κ1) is 12.6. The molecule has 0 aromatic heterocycles. The van der Waals surface area contributed by atoms with E-state index in [1.165, 1.54) is 0 Å². The van der Waals surface area contributed by atoms with E-state index in [-0.39, 0.29) is 37.7 Å². The van der Waals surface area contributed by atoms with E-state index in [1.54, 1.807) is 0 Å². The van der Waals surface area contributed by atoms with Gasteiger partial charge in [-0.1, -0.05) is 0 Å². The van der Waals surface area contributed by atoms with Crippen molar-refractivity contribution in [3.63, 3.8) is 0 Å². The molecule has 0 aromatic rings. The SMILES string of the molecule is O=S(=O)(O)C(F)(F)F.[Ho]. The Morgan fingerprint density at radius 3 is 1.33 bits per heavy atom. The van der Waals surface area contributed by atoms with Crippen LogP contribution in [0.15, 0.2) is 0 Å². The van der Waals surface area contributed by atoms with Gasteiger partial charge in [-0.05, 0) is 0 Å². The van der Waals surface area contributed by atoms with E-state index in [4.69, 9.17) is 13.0 Å². The molecule has 0 aliphatic rings. The van der Waals surface area contributed by atoms with Gasteiger partial charge in [0, 0.05) is 37.7 Å². The predicted molar refractivity (Wildman–Crippen MR) is 17.6 cm³/mol. The second-order valence-corrected chi connectivity index (χ2v) is 2.33. The van der Waals surface area contributed by atoms with Crippen molar-refractivity contribution < 1.29 is 63.9 Å². The number of hydrogen-bond acceptors (Lipinski definition) is 2. The number of halogens is 3. The van der Waals surface area contributed by atoms with Crippen molar-refractivity contribution in [1.82, 2.24) is 0 Å². The van der Waals surface area contributed by atoms with E-state index in [2.05, 4.69) is 0 Å². The quantitative estimate of drug-likeness (QED) is 0.400. The molecule has 1 N–H and O–H groups in total. The zero-order valence-electron chi connectivity index (χ0n) is 3.61. The van der Waals surface area contributed by atoms with Crippen LogP contribution < -0.4 is 0 Å². The molecule has 9 heavy (non-hydrogen) atoms. The summed E-state index contributed by atoms with van der Waals surface area (Å²) in [5.74, 6) is 0. The average molecular weight is 315 g/mol. The van der Waals surface area contributed by atoms with Crippen LogP contribution in [0.2, 0.25) is 0 Å².